The molecule has 0 bridgehead atoms. The van der Waals surface area contributed by atoms with Crippen LogP contribution in [0.4, 0.5) is 0 Å². The number of likely N-dealkylation sites (N-methyl/N-ethyl adjacent to an activating group) is 1. The van der Waals surface area contributed by atoms with Gasteiger partial charge in [0.25, 0.3) is 0 Å². The molecular formula is C14H20N4O. The monoisotopic (exact) mass is 260 g/mol. The Morgan fingerprint density at radius 2 is 2.11 bits per heavy atom. The summed E-state index contributed by atoms with van der Waals surface area (Å²) >= 11 is 0. The fourth-order valence-corrected chi connectivity index (χ4v) is 2.87. The van der Waals surface area contributed by atoms with E-state index < -0.39 is 0 Å². The highest BCUT2D eigenvalue weighted by atomic mass is 16.5. The van der Waals surface area contributed by atoms with Crippen LogP contribution in [0.25, 0.3) is 5.52 Å². The van der Waals surface area contributed by atoms with Gasteiger partial charge in [-0.05, 0) is 39.4 Å². The maximum atomic E-state index is 6.19. The molecule has 2 heterocycles. The molecule has 3 rings (SSSR count). The Kier molecular flexibility index (Phi) is 3.38. The molecule has 0 saturated heterocycles. The summed E-state index contributed by atoms with van der Waals surface area (Å²) in [5.74, 6) is 0.693. The summed E-state index contributed by atoms with van der Waals surface area (Å²) in [6, 6.07) is 2.41. The van der Waals surface area contributed by atoms with E-state index in [1.807, 2.05) is 12.3 Å². The van der Waals surface area contributed by atoms with Crippen molar-refractivity contribution in [2.45, 2.75) is 37.8 Å². The molecular weight excluding hydrogens is 240 g/mol. The van der Waals surface area contributed by atoms with Crippen LogP contribution in [0.2, 0.25) is 0 Å². The van der Waals surface area contributed by atoms with Crippen LogP contribution in [-0.4, -0.2) is 45.7 Å². The minimum Gasteiger partial charge on any atom is -0.471 e. The average molecular weight is 260 g/mol. The molecule has 1 fully saturated rings. The number of nitrogens with zero attached hydrogens (tertiary/aromatic N) is 4. The van der Waals surface area contributed by atoms with Crippen molar-refractivity contribution in [2.24, 2.45) is 0 Å². The number of ether oxygens (including phenoxy) is 1. The van der Waals surface area contributed by atoms with Crippen molar-refractivity contribution in [2.75, 3.05) is 14.1 Å². The van der Waals surface area contributed by atoms with Crippen molar-refractivity contribution in [3.05, 3.63) is 24.7 Å². The van der Waals surface area contributed by atoms with Crippen LogP contribution in [-0.2, 0) is 0 Å². The smallest absolute Gasteiger partial charge is 0.240 e. The largest absolute Gasteiger partial charge is 0.471 e. The van der Waals surface area contributed by atoms with Crippen molar-refractivity contribution in [1.82, 2.24) is 19.5 Å². The molecule has 0 amide bonds. The second-order valence-corrected chi connectivity index (χ2v) is 5.37. The number of hydrogen-bond donors (Lipinski definition) is 0. The Hall–Kier alpha value is -1.62. The third-order valence-corrected chi connectivity index (χ3v) is 3.88. The molecule has 2 atom stereocenters. The predicted octanol–water partition coefficient (Wildman–Crippen LogP) is 1.98. The molecule has 2 aromatic heterocycles. The van der Waals surface area contributed by atoms with Gasteiger partial charge in [-0.25, -0.2) is 9.50 Å². The van der Waals surface area contributed by atoms with Crippen molar-refractivity contribution in [3.63, 3.8) is 0 Å². The van der Waals surface area contributed by atoms with E-state index in [-0.39, 0.29) is 6.10 Å². The summed E-state index contributed by atoms with van der Waals surface area (Å²) in [5.41, 5.74) is 0.936. The lowest BCUT2D eigenvalue weighted by Gasteiger charge is -2.35. The van der Waals surface area contributed by atoms with Gasteiger partial charge in [-0.15, -0.1) is 0 Å². The van der Waals surface area contributed by atoms with Gasteiger partial charge in [-0.1, -0.05) is 6.42 Å². The number of hydrogen-bond acceptors (Lipinski definition) is 4. The van der Waals surface area contributed by atoms with Crippen molar-refractivity contribution in [3.8, 4) is 5.88 Å². The van der Waals surface area contributed by atoms with Gasteiger partial charge in [0.15, 0.2) is 0 Å². The highest BCUT2D eigenvalue weighted by molar-refractivity contribution is 5.54. The number of rotatable bonds is 3. The first-order chi connectivity index (χ1) is 9.25. The molecule has 0 spiro atoms. The Morgan fingerprint density at radius 3 is 2.95 bits per heavy atom. The van der Waals surface area contributed by atoms with Gasteiger partial charge in [-0.3, -0.25) is 0 Å². The maximum Gasteiger partial charge on any atom is 0.240 e. The molecule has 102 valence electrons. The van der Waals surface area contributed by atoms with Crippen molar-refractivity contribution in [1.29, 1.82) is 0 Å². The Morgan fingerprint density at radius 1 is 1.26 bits per heavy atom. The van der Waals surface area contributed by atoms with E-state index in [2.05, 4.69) is 29.1 Å². The van der Waals surface area contributed by atoms with Crippen LogP contribution in [0, 0.1) is 0 Å². The minimum absolute atomic E-state index is 0.220. The van der Waals surface area contributed by atoms with Crippen molar-refractivity contribution >= 4 is 5.52 Å². The molecule has 2 aromatic rings. The van der Waals surface area contributed by atoms with Crippen molar-refractivity contribution < 1.29 is 4.74 Å². The summed E-state index contributed by atoms with van der Waals surface area (Å²) in [6.45, 7) is 0. The van der Waals surface area contributed by atoms with E-state index in [1.54, 1.807) is 16.9 Å². The number of aromatic nitrogens is 3. The van der Waals surface area contributed by atoms with E-state index in [1.165, 1.54) is 19.3 Å². The molecule has 19 heavy (non-hydrogen) atoms. The lowest BCUT2D eigenvalue weighted by molar-refractivity contribution is 0.0597. The zero-order valence-electron chi connectivity index (χ0n) is 11.5. The minimum atomic E-state index is 0.220. The van der Waals surface area contributed by atoms with Crippen LogP contribution in [0.15, 0.2) is 24.7 Å². The first-order valence-electron chi connectivity index (χ1n) is 6.87. The SMILES string of the molecule is CN(C)C1CCCCC1Oc1nccn2nccc12. The number of fused-ring (bicyclic) bond motifs is 1. The van der Waals surface area contributed by atoms with Gasteiger partial charge in [0, 0.05) is 18.4 Å². The topological polar surface area (TPSA) is 42.7 Å². The van der Waals surface area contributed by atoms with Crippen LogP contribution in [0.3, 0.4) is 0 Å². The highest BCUT2D eigenvalue weighted by Crippen LogP contribution is 2.27. The Bertz CT molecular complexity index is 551. The molecule has 1 saturated carbocycles. The summed E-state index contributed by atoms with van der Waals surface area (Å²) in [4.78, 5) is 6.63. The van der Waals surface area contributed by atoms with Crippen LogP contribution < -0.4 is 4.74 Å². The van der Waals surface area contributed by atoms with E-state index >= 15 is 0 Å². The Labute approximate surface area is 113 Å². The fraction of sp³-hybridized carbons (Fsp3) is 0.571. The third kappa shape index (κ3) is 2.42. The second kappa shape index (κ2) is 5.17. The molecule has 2 unspecified atom stereocenters. The zero-order chi connectivity index (χ0) is 13.2. The van der Waals surface area contributed by atoms with E-state index in [4.69, 9.17) is 4.74 Å². The molecule has 5 nitrogen and oxygen atoms in total. The average Bonchev–Trinajstić information content (AvgIpc) is 2.88. The first-order valence-corrected chi connectivity index (χ1v) is 6.87. The summed E-state index contributed by atoms with van der Waals surface area (Å²) in [6.07, 6.45) is 10.4. The summed E-state index contributed by atoms with van der Waals surface area (Å²) < 4.78 is 7.99. The van der Waals surface area contributed by atoms with Crippen LogP contribution >= 0.6 is 0 Å². The van der Waals surface area contributed by atoms with Gasteiger partial charge < -0.3 is 9.64 Å². The molecule has 5 heteroatoms. The second-order valence-electron chi connectivity index (χ2n) is 5.37. The summed E-state index contributed by atoms with van der Waals surface area (Å²) in [7, 11) is 4.25. The van der Waals surface area contributed by atoms with Gasteiger partial charge in [0.05, 0.1) is 6.20 Å². The normalized spacial score (nSPS) is 23.9. The first kappa shape index (κ1) is 12.4. The predicted molar refractivity (Wildman–Crippen MR) is 73.3 cm³/mol. The lowest BCUT2D eigenvalue weighted by Crippen LogP contribution is -2.44. The fourth-order valence-electron chi connectivity index (χ4n) is 2.87. The highest BCUT2D eigenvalue weighted by Gasteiger charge is 2.29. The maximum absolute atomic E-state index is 6.19. The van der Waals surface area contributed by atoms with Crippen LogP contribution in [0.1, 0.15) is 25.7 Å². The molecule has 1 aliphatic carbocycles. The van der Waals surface area contributed by atoms with E-state index in [9.17, 15) is 0 Å². The van der Waals surface area contributed by atoms with E-state index in [0.29, 0.717) is 11.9 Å². The standard InChI is InChI=1S/C14H20N4O/c1-17(2)11-5-3-4-6-13(11)19-14-12-7-8-16-18(12)10-9-15-14/h7-11,13H,3-6H2,1-2H3. The van der Waals surface area contributed by atoms with Crippen LogP contribution in [0.5, 0.6) is 5.88 Å². The van der Waals surface area contributed by atoms with Gasteiger partial charge in [0.2, 0.25) is 5.88 Å². The summed E-state index contributed by atoms with van der Waals surface area (Å²) in [5, 5.41) is 4.21. The van der Waals surface area contributed by atoms with Gasteiger partial charge >= 0.3 is 0 Å². The zero-order valence-corrected chi connectivity index (χ0v) is 11.5. The third-order valence-electron chi connectivity index (χ3n) is 3.88. The molecule has 1 aliphatic rings. The van der Waals surface area contributed by atoms with Gasteiger partial charge in [-0.2, -0.15) is 5.10 Å². The molecule has 0 aromatic carbocycles. The molecule has 0 N–H and O–H groups in total. The Balaban J connectivity index is 1.85. The van der Waals surface area contributed by atoms with Gasteiger partial charge in [0.1, 0.15) is 11.6 Å². The molecule has 0 aliphatic heterocycles. The lowest BCUT2D eigenvalue weighted by atomic mass is 9.92. The van der Waals surface area contributed by atoms with E-state index in [0.717, 1.165) is 11.9 Å². The molecule has 0 radical (unpaired) electrons. The quantitative estimate of drug-likeness (QED) is 0.846.